The molecule has 20 heavy (non-hydrogen) atoms. The van der Waals surface area contributed by atoms with Crippen LogP contribution in [0, 0.1) is 0 Å². The predicted octanol–water partition coefficient (Wildman–Crippen LogP) is 1.95. The third-order valence-corrected chi connectivity index (χ3v) is 4.39. The van der Waals surface area contributed by atoms with E-state index in [4.69, 9.17) is 0 Å². The topological polar surface area (TPSA) is 78.4 Å². The van der Waals surface area contributed by atoms with E-state index in [0.29, 0.717) is 25.2 Å². The van der Waals surface area contributed by atoms with E-state index in [1.54, 1.807) is 24.3 Å². The van der Waals surface area contributed by atoms with Crippen molar-refractivity contribution in [3.05, 3.63) is 24.3 Å². The summed E-state index contributed by atoms with van der Waals surface area (Å²) in [6, 6.07) is 6.73. The van der Waals surface area contributed by atoms with E-state index in [-0.39, 0.29) is 4.90 Å². The van der Waals surface area contributed by atoms with Crippen LogP contribution in [-0.2, 0) is 10.0 Å². The molecule has 0 saturated heterocycles. The molecule has 0 aliphatic rings. The Morgan fingerprint density at radius 1 is 1.20 bits per heavy atom. The minimum Gasteiger partial charge on any atom is -0.391 e. The van der Waals surface area contributed by atoms with Crippen LogP contribution in [0.4, 0.5) is 5.69 Å². The molecule has 1 aromatic carbocycles. The average Bonchev–Trinajstić information content (AvgIpc) is 2.43. The fraction of sp³-hybridized carbons (Fsp3) is 0.571. The molecule has 3 N–H and O–H groups in total. The summed E-state index contributed by atoms with van der Waals surface area (Å²) >= 11 is 0. The predicted molar refractivity (Wildman–Crippen MR) is 81.3 cm³/mol. The van der Waals surface area contributed by atoms with Crippen molar-refractivity contribution in [2.75, 3.05) is 18.4 Å². The highest BCUT2D eigenvalue weighted by Crippen LogP contribution is 2.20. The van der Waals surface area contributed by atoms with Gasteiger partial charge in [0.1, 0.15) is 4.90 Å². The van der Waals surface area contributed by atoms with Gasteiger partial charge in [-0.25, -0.2) is 13.1 Å². The summed E-state index contributed by atoms with van der Waals surface area (Å²) in [6.07, 6.45) is 1.85. The molecule has 6 heteroatoms. The van der Waals surface area contributed by atoms with Gasteiger partial charge in [0.05, 0.1) is 11.8 Å². The molecule has 0 fully saturated rings. The second kappa shape index (κ2) is 8.24. The van der Waals surface area contributed by atoms with E-state index in [2.05, 4.69) is 10.0 Å². The summed E-state index contributed by atoms with van der Waals surface area (Å²) in [5.74, 6) is 0. The smallest absolute Gasteiger partial charge is 0.242 e. The van der Waals surface area contributed by atoms with E-state index < -0.39 is 16.1 Å². The quantitative estimate of drug-likeness (QED) is 0.651. The molecule has 0 saturated carbocycles. The van der Waals surface area contributed by atoms with Crippen LogP contribution >= 0.6 is 0 Å². The lowest BCUT2D eigenvalue weighted by Crippen LogP contribution is -2.26. The fourth-order valence-corrected chi connectivity index (χ4v) is 3.14. The molecule has 0 amide bonds. The van der Waals surface area contributed by atoms with Gasteiger partial charge in [0.15, 0.2) is 0 Å². The molecule has 0 heterocycles. The van der Waals surface area contributed by atoms with Crippen LogP contribution in [0.1, 0.15) is 33.1 Å². The van der Waals surface area contributed by atoms with Gasteiger partial charge in [0, 0.05) is 13.1 Å². The van der Waals surface area contributed by atoms with Gasteiger partial charge in [-0.1, -0.05) is 32.4 Å². The first-order valence-corrected chi connectivity index (χ1v) is 8.50. The Balaban J connectivity index is 2.83. The highest BCUT2D eigenvalue weighted by molar-refractivity contribution is 7.89. The van der Waals surface area contributed by atoms with Gasteiger partial charge >= 0.3 is 0 Å². The van der Waals surface area contributed by atoms with Gasteiger partial charge in [-0.2, -0.15) is 0 Å². The number of nitrogens with one attached hydrogen (secondary N) is 2. The zero-order valence-corrected chi connectivity index (χ0v) is 12.9. The molecular formula is C14H24N2O3S. The minimum atomic E-state index is -3.51. The molecular weight excluding hydrogens is 276 g/mol. The lowest BCUT2D eigenvalue weighted by molar-refractivity contribution is 0.176. The maximum Gasteiger partial charge on any atom is 0.242 e. The van der Waals surface area contributed by atoms with Crippen molar-refractivity contribution in [3.8, 4) is 0 Å². The Hall–Kier alpha value is -1.11. The number of para-hydroxylation sites is 1. The largest absolute Gasteiger partial charge is 0.391 e. The average molecular weight is 300 g/mol. The zero-order valence-electron chi connectivity index (χ0n) is 12.1. The first-order valence-electron chi connectivity index (χ1n) is 7.01. The van der Waals surface area contributed by atoms with Crippen LogP contribution in [0.5, 0.6) is 0 Å². The molecule has 0 radical (unpaired) electrons. The second-order valence-corrected chi connectivity index (χ2v) is 6.45. The summed E-state index contributed by atoms with van der Waals surface area (Å²) < 4.78 is 26.9. The van der Waals surface area contributed by atoms with Crippen molar-refractivity contribution in [1.29, 1.82) is 0 Å². The third-order valence-electron chi connectivity index (χ3n) is 2.87. The maximum absolute atomic E-state index is 12.2. The van der Waals surface area contributed by atoms with Gasteiger partial charge in [-0.15, -0.1) is 0 Å². The first-order chi connectivity index (χ1) is 9.51. The van der Waals surface area contributed by atoms with Crippen LogP contribution in [0.25, 0.3) is 0 Å². The summed E-state index contributed by atoms with van der Waals surface area (Å²) in [5.41, 5.74) is 0.520. The number of sulfonamides is 1. The molecule has 0 aromatic heterocycles. The molecule has 0 aliphatic heterocycles. The lowest BCUT2D eigenvalue weighted by Gasteiger charge is -2.15. The number of rotatable bonds is 9. The molecule has 0 bridgehead atoms. The lowest BCUT2D eigenvalue weighted by atomic mass is 10.2. The van der Waals surface area contributed by atoms with E-state index in [9.17, 15) is 13.5 Å². The zero-order chi connectivity index (χ0) is 15.0. The molecule has 1 aromatic rings. The number of hydrogen-bond acceptors (Lipinski definition) is 4. The Bertz CT molecular complexity index is 503. The monoisotopic (exact) mass is 300 g/mol. The number of aliphatic hydroxyl groups excluding tert-OH is 1. The SMILES string of the molecule is CCCNS(=O)(=O)c1ccccc1NCC(O)CCC. The van der Waals surface area contributed by atoms with Gasteiger partial charge in [-0.3, -0.25) is 0 Å². The molecule has 114 valence electrons. The van der Waals surface area contributed by atoms with Crippen molar-refractivity contribution in [2.24, 2.45) is 0 Å². The van der Waals surface area contributed by atoms with E-state index in [1.807, 2.05) is 13.8 Å². The van der Waals surface area contributed by atoms with Gasteiger partial charge in [0.2, 0.25) is 10.0 Å². The Kier molecular flexibility index (Phi) is 6.98. The van der Waals surface area contributed by atoms with E-state index >= 15 is 0 Å². The molecule has 1 rings (SSSR count). The Labute approximate surface area is 121 Å². The number of benzene rings is 1. The normalized spacial score (nSPS) is 13.2. The van der Waals surface area contributed by atoms with Crippen molar-refractivity contribution < 1.29 is 13.5 Å². The summed E-state index contributed by atoms with van der Waals surface area (Å²) in [7, 11) is -3.51. The number of hydrogen-bond donors (Lipinski definition) is 3. The molecule has 0 spiro atoms. The third kappa shape index (κ3) is 5.11. The minimum absolute atomic E-state index is 0.220. The Morgan fingerprint density at radius 2 is 1.90 bits per heavy atom. The van der Waals surface area contributed by atoms with Gasteiger partial charge in [0.25, 0.3) is 0 Å². The standard InChI is InChI=1S/C14H24N2O3S/c1-3-7-12(17)11-15-13-8-5-6-9-14(13)20(18,19)16-10-4-2/h5-6,8-9,12,15-17H,3-4,7,10-11H2,1-2H3. The van der Waals surface area contributed by atoms with Crippen molar-refractivity contribution in [1.82, 2.24) is 4.72 Å². The van der Waals surface area contributed by atoms with E-state index in [1.165, 1.54) is 0 Å². The van der Waals surface area contributed by atoms with E-state index in [0.717, 1.165) is 12.8 Å². The van der Waals surface area contributed by atoms with Crippen LogP contribution in [0.3, 0.4) is 0 Å². The highest BCUT2D eigenvalue weighted by Gasteiger charge is 2.17. The highest BCUT2D eigenvalue weighted by atomic mass is 32.2. The molecule has 1 unspecified atom stereocenters. The van der Waals surface area contributed by atoms with Crippen molar-refractivity contribution in [3.63, 3.8) is 0 Å². The van der Waals surface area contributed by atoms with Gasteiger partial charge in [-0.05, 0) is 25.0 Å². The second-order valence-electron chi connectivity index (χ2n) is 4.72. The summed E-state index contributed by atoms with van der Waals surface area (Å²) in [5, 5.41) is 12.7. The van der Waals surface area contributed by atoms with Crippen LogP contribution in [0.2, 0.25) is 0 Å². The molecule has 0 aliphatic carbocycles. The summed E-state index contributed by atoms with van der Waals surface area (Å²) in [6.45, 7) is 4.66. The van der Waals surface area contributed by atoms with Crippen LogP contribution < -0.4 is 10.0 Å². The maximum atomic E-state index is 12.2. The first kappa shape index (κ1) is 16.9. The number of aliphatic hydroxyl groups is 1. The van der Waals surface area contributed by atoms with Crippen molar-refractivity contribution in [2.45, 2.75) is 44.1 Å². The van der Waals surface area contributed by atoms with Gasteiger partial charge < -0.3 is 10.4 Å². The van der Waals surface area contributed by atoms with Crippen LogP contribution in [-0.4, -0.2) is 32.7 Å². The van der Waals surface area contributed by atoms with Crippen LogP contribution in [0.15, 0.2) is 29.2 Å². The molecule has 1 atom stereocenters. The van der Waals surface area contributed by atoms with Crippen molar-refractivity contribution >= 4 is 15.7 Å². The fourth-order valence-electron chi connectivity index (χ4n) is 1.82. The molecule has 5 nitrogen and oxygen atoms in total. The Morgan fingerprint density at radius 3 is 2.55 bits per heavy atom. The number of anilines is 1. The summed E-state index contributed by atoms with van der Waals surface area (Å²) in [4.78, 5) is 0.220.